The fraction of sp³-hybridized carbons (Fsp3) is 0.476. The first-order chi connectivity index (χ1) is 13.6. The molecule has 0 N–H and O–H groups in total. The summed E-state index contributed by atoms with van der Waals surface area (Å²) >= 11 is 6.20. The van der Waals surface area contributed by atoms with Gasteiger partial charge in [0.05, 0.1) is 6.54 Å². The summed E-state index contributed by atoms with van der Waals surface area (Å²) in [5.74, 6) is 0.413. The topological polar surface area (TPSA) is 61.8 Å². The van der Waals surface area contributed by atoms with Gasteiger partial charge in [-0.15, -0.1) is 0 Å². The molecular weight excluding hydrogens is 395 g/mol. The summed E-state index contributed by atoms with van der Waals surface area (Å²) in [5, 5.41) is 0.281. The van der Waals surface area contributed by atoms with Gasteiger partial charge in [0.15, 0.2) is 11.2 Å². The van der Waals surface area contributed by atoms with E-state index in [1.54, 1.807) is 17.6 Å². The van der Waals surface area contributed by atoms with Crippen molar-refractivity contribution >= 4 is 22.8 Å². The molecule has 0 aliphatic carbocycles. The molecule has 3 aromatic rings. The first-order valence-electron chi connectivity index (χ1n) is 9.78. The lowest BCUT2D eigenvalue weighted by atomic mass is 10.1. The second kappa shape index (κ2) is 8.14. The molecule has 0 amide bonds. The highest BCUT2D eigenvalue weighted by molar-refractivity contribution is 6.31. The molecule has 156 valence electrons. The van der Waals surface area contributed by atoms with Gasteiger partial charge in [0.25, 0.3) is 5.56 Å². The lowest BCUT2D eigenvalue weighted by Gasteiger charge is -2.16. The highest BCUT2D eigenvalue weighted by Gasteiger charge is 2.22. The maximum absolute atomic E-state index is 14.4. The van der Waals surface area contributed by atoms with E-state index in [0.29, 0.717) is 35.9 Å². The van der Waals surface area contributed by atoms with E-state index in [4.69, 9.17) is 11.6 Å². The van der Waals surface area contributed by atoms with Crippen LogP contribution in [0.3, 0.4) is 0 Å². The van der Waals surface area contributed by atoms with E-state index in [1.807, 2.05) is 27.7 Å². The number of benzene rings is 1. The zero-order valence-electron chi connectivity index (χ0n) is 17.4. The molecule has 2 aromatic heterocycles. The standard InChI is InChI=1S/C21H26ClFN4O2/c1-12(2)9-10-25-20(28)18-19(27(13(3)4)21(25)29)24-14(5)26(18)11-15-16(22)7-6-8-17(15)23/h6-8,12-13H,9-11H2,1-5H3. The van der Waals surface area contributed by atoms with E-state index in [-0.39, 0.29) is 28.9 Å². The monoisotopic (exact) mass is 420 g/mol. The van der Waals surface area contributed by atoms with E-state index in [1.165, 1.54) is 21.3 Å². The zero-order valence-corrected chi connectivity index (χ0v) is 18.1. The Hall–Kier alpha value is -2.41. The number of halogens is 2. The molecular formula is C21H26ClFN4O2. The molecule has 0 spiro atoms. The van der Waals surface area contributed by atoms with E-state index in [0.717, 1.165) is 0 Å². The van der Waals surface area contributed by atoms with E-state index in [9.17, 15) is 14.0 Å². The van der Waals surface area contributed by atoms with Gasteiger partial charge < -0.3 is 4.57 Å². The minimum Gasteiger partial charge on any atom is -0.318 e. The molecule has 29 heavy (non-hydrogen) atoms. The number of hydrogen-bond acceptors (Lipinski definition) is 3. The molecule has 0 radical (unpaired) electrons. The number of rotatable bonds is 6. The minimum absolute atomic E-state index is 0.0591. The average molecular weight is 421 g/mol. The molecule has 0 aliphatic heterocycles. The van der Waals surface area contributed by atoms with Gasteiger partial charge in [-0.05, 0) is 45.2 Å². The van der Waals surface area contributed by atoms with Gasteiger partial charge in [0, 0.05) is 23.2 Å². The maximum Gasteiger partial charge on any atom is 0.332 e. The molecule has 0 bridgehead atoms. The zero-order chi connectivity index (χ0) is 21.5. The van der Waals surface area contributed by atoms with Gasteiger partial charge in [0.2, 0.25) is 0 Å². The van der Waals surface area contributed by atoms with Crippen molar-refractivity contribution in [3.05, 3.63) is 61.3 Å². The summed E-state index contributed by atoms with van der Waals surface area (Å²) < 4.78 is 18.8. The van der Waals surface area contributed by atoms with Gasteiger partial charge in [-0.2, -0.15) is 0 Å². The molecule has 0 fully saturated rings. The lowest BCUT2D eigenvalue weighted by molar-refractivity contribution is 0.467. The highest BCUT2D eigenvalue weighted by Crippen LogP contribution is 2.23. The third-order valence-electron chi connectivity index (χ3n) is 5.08. The number of fused-ring (bicyclic) bond motifs is 1. The van der Waals surface area contributed by atoms with Crippen LogP contribution in [0.4, 0.5) is 4.39 Å². The summed E-state index contributed by atoms with van der Waals surface area (Å²) in [7, 11) is 0. The number of aromatic nitrogens is 4. The second-order valence-corrected chi connectivity index (χ2v) is 8.41. The Balaban J connectivity index is 2.31. The largest absolute Gasteiger partial charge is 0.332 e. The van der Waals surface area contributed by atoms with Gasteiger partial charge in [-0.25, -0.2) is 14.2 Å². The molecule has 0 saturated carbocycles. The molecule has 6 nitrogen and oxygen atoms in total. The third-order valence-corrected chi connectivity index (χ3v) is 5.43. The van der Waals surface area contributed by atoms with Crippen LogP contribution in [0.15, 0.2) is 27.8 Å². The second-order valence-electron chi connectivity index (χ2n) is 8.00. The van der Waals surface area contributed by atoms with Gasteiger partial charge >= 0.3 is 5.69 Å². The van der Waals surface area contributed by atoms with Crippen molar-refractivity contribution in [1.29, 1.82) is 0 Å². The summed E-state index contributed by atoms with van der Waals surface area (Å²) in [6.45, 7) is 9.95. The Morgan fingerprint density at radius 3 is 2.41 bits per heavy atom. The molecule has 2 heterocycles. The van der Waals surface area contributed by atoms with Crippen LogP contribution in [0.1, 0.15) is 51.5 Å². The predicted octanol–water partition coefficient (Wildman–Crippen LogP) is 4.14. The molecule has 0 saturated heterocycles. The fourth-order valence-corrected chi connectivity index (χ4v) is 3.67. The Bertz CT molecular complexity index is 1150. The van der Waals surface area contributed by atoms with Crippen molar-refractivity contribution in [1.82, 2.24) is 18.7 Å². The maximum atomic E-state index is 14.4. The van der Waals surface area contributed by atoms with Crippen LogP contribution in [0.25, 0.3) is 11.2 Å². The normalized spacial score (nSPS) is 11.9. The Labute approximate surface area is 173 Å². The lowest BCUT2D eigenvalue weighted by Crippen LogP contribution is -2.41. The van der Waals surface area contributed by atoms with E-state index in [2.05, 4.69) is 4.98 Å². The van der Waals surface area contributed by atoms with Crippen molar-refractivity contribution < 1.29 is 4.39 Å². The molecule has 0 aliphatic rings. The Morgan fingerprint density at radius 2 is 1.83 bits per heavy atom. The SMILES string of the molecule is Cc1nc2c(c(=O)n(CCC(C)C)c(=O)n2C(C)C)n1Cc1c(F)cccc1Cl. The van der Waals surface area contributed by atoms with Gasteiger partial charge in [-0.3, -0.25) is 13.9 Å². The van der Waals surface area contributed by atoms with Crippen molar-refractivity contribution in [3.63, 3.8) is 0 Å². The smallest absolute Gasteiger partial charge is 0.318 e. The Morgan fingerprint density at radius 1 is 1.14 bits per heavy atom. The number of nitrogens with zero attached hydrogens (tertiary/aromatic N) is 4. The first-order valence-corrected chi connectivity index (χ1v) is 10.2. The van der Waals surface area contributed by atoms with Crippen LogP contribution >= 0.6 is 11.6 Å². The van der Waals surface area contributed by atoms with Crippen molar-refractivity contribution in [3.8, 4) is 0 Å². The van der Waals surface area contributed by atoms with Crippen LogP contribution in [0.2, 0.25) is 5.02 Å². The highest BCUT2D eigenvalue weighted by atomic mass is 35.5. The van der Waals surface area contributed by atoms with Crippen molar-refractivity contribution in [2.75, 3.05) is 0 Å². The van der Waals surface area contributed by atoms with Crippen molar-refractivity contribution in [2.45, 2.75) is 60.2 Å². The number of imidazole rings is 1. The summed E-state index contributed by atoms with van der Waals surface area (Å²) in [6, 6.07) is 4.30. The molecule has 0 atom stereocenters. The molecule has 3 rings (SSSR count). The Kier molecular flexibility index (Phi) is 5.98. The van der Waals surface area contributed by atoms with Crippen LogP contribution in [-0.2, 0) is 13.1 Å². The van der Waals surface area contributed by atoms with Gasteiger partial charge in [-0.1, -0.05) is 31.5 Å². The summed E-state index contributed by atoms with van der Waals surface area (Å²) in [4.78, 5) is 30.8. The van der Waals surface area contributed by atoms with Crippen LogP contribution in [-0.4, -0.2) is 18.7 Å². The van der Waals surface area contributed by atoms with E-state index >= 15 is 0 Å². The van der Waals surface area contributed by atoms with Crippen LogP contribution in [0.5, 0.6) is 0 Å². The number of aryl methyl sites for hydroxylation is 1. The van der Waals surface area contributed by atoms with Gasteiger partial charge in [0.1, 0.15) is 11.6 Å². The van der Waals surface area contributed by atoms with Crippen molar-refractivity contribution in [2.24, 2.45) is 5.92 Å². The fourth-order valence-electron chi connectivity index (χ4n) is 3.45. The minimum atomic E-state index is -0.448. The van der Waals surface area contributed by atoms with Crippen LogP contribution < -0.4 is 11.2 Å². The predicted molar refractivity (Wildman–Crippen MR) is 113 cm³/mol. The van der Waals surface area contributed by atoms with Crippen LogP contribution in [0, 0.1) is 18.7 Å². The third kappa shape index (κ3) is 3.88. The summed E-state index contributed by atoms with van der Waals surface area (Å²) in [6.07, 6.45) is 0.699. The quantitative estimate of drug-likeness (QED) is 0.602. The molecule has 8 heteroatoms. The number of hydrogen-bond donors (Lipinski definition) is 0. The first kappa shape index (κ1) is 21.3. The molecule has 1 aromatic carbocycles. The summed E-state index contributed by atoms with van der Waals surface area (Å²) in [5.41, 5.74) is 0.119. The average Bonchev–Trinajstić information content (AvgIpc) is 2.93. The molecule has 0 unspecified atom stereocenters. The van der Waals surface area contributed by atoms with E-state index < -0.39 is 11.4 Å².